The number of carbonyl (C=O) groups is 1. The molecule has 0 spiro atoms. The van der Waals surface area contributed by atoms with Gasteiger partial charge in [0.1, 0.15) is 11.6 Å². The molecule has 0 radical (unpaired) electrons. The molecule has 0 aliphatic carbocycles. The quantitative estimate of drug-likeness (QED) is 0.338. The number of anilines is 1. The maximum Gasteiger partial charge on any atom is 0.303 e. The molecule has 1 fully saturated rings. The van der Waals surface area contributed by atoms with Gasteiger partial charge in [-0.25, -0.2) is 4.39 Å². The van der Waals surface area contributed by atoms with Crippen molar-refractivity contribution in [2.24, 2.45) is 0 Å². The predicted octanol–water partition coefficient (Wildman–Crippen LogP) is 5.22. The third kappa shape index (κ3) is 7.80. The fourth-order valence-electron chi connectivity index (χ4n) is 4.22. The second-order valence-corrected chi connectivity index (χ2v) is 8.94. The second kappa shape index (κ2) is 13.0. The van der Waals surface area contributed by atoms with E-state index in [0.717, 1.165) is 61.6 Å². The molecule has 36 heavy (non-hydrogen) atoms. The molecule has 0 atom stereocenters. The summed E-state index contributed by atoms with van der Waals surface area (Å²) in [5.41, 5.74) is 4.33. The van der Waals surface area contributed by atoms with Gasteiger partial charge < -0.3 is 19.9 Å². The highest BCUT2D eigenvalue weighted by molar-refractivity contribution is 5.67. The van der Waals surface area contributed by atoms with Gasteiger partial charge in [-0.1, -0.05) is 30.3 Å². The summed E-state index contributed by atoms with van der Waals surface area (Å²) in [6, 6.07) is 20.6. The summed E-state index contributed by atoms with van der Waals surface area (Å²) in [4.78, 5) is 13.1. The summed E-state index contributed by atoms with van der Waals surface area (Å²) in [7, 11) is 0. The number of carboxylic acid groups (broad SMARTS) is 1. The van der Waals surface area contributed by atoms with Gasteiger partial charge in [0.2, 0.25) is 0 Å². The first-order valence-electron chi connectivity index (χ1n) is 12.4. The Morgan fingerprint density at radius 1 is 1.03 bits per heavy atom. The number of halogens is 1. The molecule has 0 bridgehead atoms. The van der Waals surface area contributed by atoms with E-state index in [-0.39, 0.29) is 12.2 Å². The second-order valence-electron chi connectivity index (χ2n) is 8.94. The van der Waals surface area contributed by atoms with Gasteiger partial charge in [0, 0.05) is 49.9 Å². The molecule has 190 valence electrons. The SMILES string of the molecule is O=C(O)CCc1ccc(NCc2cccc(-c3ccc(OCCCN4CCOCC4)cc3F)c2)cc1. The molecule has 4 rings (SSSR count). The van der Waals surface area contributed by atoms with E-state index in [0.29, 0.717) is 30.9 Å². The predicted molar refractivity (Wildman–Crippen MR) is 139 cm³/mol. The molecule has 1 heterocycles. The Balaban J connectivity index is 1.28. The number of hydrogen-bond acceptors (Lipinski definition) is 5. The molecule has 0 amide bonds. The van der Waals surface area contributed by atoms with Gasteiger partial charge >= 0.3 is 5.97 Å². The van der Waals surface area contributed by atoms with Crippen molar-refractivity contribution in [1.29, 1.82) is 0 Å². The monoisotopic (exact) mass is 492 g/mol. The van der Waals surface area contributed by atoms with E-state index in [1.165, 1.54) is 6.07 Å². The van der Waals surface area contributed by atoms with Gasteiger partial charge in [-0.05, 0) is 59.9 Å². The Morgan fingerprint density at radius 2 is 1.83 bits per heavy atom. The lowest BCUT2D eigenvalue weighted by atomic mass is 10.0. The van der Waals surface area contributed by atoms with Gasteiger partial charge in [0.15, 0.2) is 0 Å². The van der Waals surface area contributed by atoms with Crippen LogP contribution in [-0.4, -0.2) is 55.4 Å². The minimum atomic E-state index is -0.796. The van der Waals surface area contributed by atoms with Crippen LogP contribution in [0.15, 0.2) is 66.7 Å². The van der Waals surface area contributed by atoms with Crippen LogP contribution in [0.4, 0.5) is 10.1 Å². The van der Waals surface area contributed by atoms with E-state index >= 15 is 0 Å². The number of aliphatic carboxylic acids is 1. The maximum absolute atomic E-state index is 14.9. The third-order valence-electron chi connectivity index (χ3n) is 6.25. The highest BCUT2D eigenvalue weighted by Crippen LogP contribution is 2.27. The molecule has 2 N–H and O–H groups in total. The van der Waals surface area contributed by atoms with Crippen LogP contribution in [0.3, 0.4) is 0 Å². The molecule has 7 heteroatoms. The van der Waals surface area contributed by atoms with Gasteiger partial charge in [0.25, 0.3) is 0 Å². The topological polar surface area (TPSA) is 71.0 Å². The zero-order valence-electron chi connectivity index (χ0n) is 20.4. The fourth-order valence-corrected chi connectivity index (χ4v) is 4.22. The Kier molecular flexibility index (Phi) is 9.30. The van der Waals surface area contributed by atoms with Crippen molar-refractivity contribution in [3.63, 3.8) is 0 Å². The van der Waals surface area contributed by atoms with E-state index in [4.69, 9.17) is 14.6 Å². The highest BCUT2D eigenvalue weighted by Gasteiger charge is 2.11. The van der Waals surface area contributed by atoms with E-state index < -0.39 is 5.97 Å². The Bertz CT molecular complexity index is 1130. The van der Waals surface area contributed by atoms with Crippen LogP contribution in [0.1, 0.15) is 24.0 Å². The van der Waals surface area contributed by atoms with Gasteiger partial charge in [-0.2, -0.15) is 0 Å². The van der Waals surface area contributed by atoms with E-state index in [2.05, 4.69) is 10.2 Å². The van der Waals surface area contributed by atoms with Gasteiger partial charge in [-0.3, -0.25) is 9.69 Å². The van der Waals surface area contributed by atoms with Crippen molar-refractivity contribution in [2.45, 2.75) is 25.8 Å². The number of nitrogens with one attached hydrogen (secondary N) is 1. The number of aryl methyl sites for hydroxylation is 1. The molecule has 0 aromatic heterocycles. The van der Waals surface area contributed by atoms with Crippen molar-refractivity contribution in [1.82, 2.24) is 4.90 Å². The lowest BCUT2D eigenvalue weighted by Gasteiger charge is -2.26. The normalized spacial score (nSPS) is 13.9. The molecule has 1 aliphatic heterocycles. The smallest absolute Gasteiger partial charge is 0.303 e. The molecule has 1 aliphatic rings. The minimum Gasteiger partial charge on any atom is -0.493 e. The van der Waals surface area contributed by atoms with Gasteiger partial charge in [-0.15, -0.1) is 0 Å². The van der Waals surface area contributed by atoms with Crippen LogP contribution in [0.2, 0.25) is 0 Å². The summed E-state index contributed by atoms with van der Waals surface area (Å²) in [5.74, 6) is -0.555. The van der Waals surface area contributed by atoms with Crippen LogP contribution in [0, 0.1) is 5.82 Å². The Morgan fingerprint density at radius 3 is 2.58 bits per heavy atom. The number of carboxylic acids is 1. The van der Waals surface area contributed by atoms with Crippen molar-refractivity contribution >= 4 is 11.7 Å². The molecule has 0 saturated carbocycles. The van der Waals surface area contributed by atoms with E-state index in [9.17, 15) is 9.18 Å². The zero-order valence-corrected chi connectivity index (χ0v) is 20.4. The fraction of sp³-hybridized carbons (Fsp3) is 0.345. The number of rotatable bonds is 12. The molecule has 6 nitrogen and oxygen atoms in total. The number of ether oxygens (including phenoxy) is 2. The number of morpholine rings is 1. The van der Waals surface area contributed by atoms with Crippen molar-refractivity contribution in [3.05, 3.63) is 83.7 Å². The molecule has 1 saturated heterocycles. The van der Waals surface area contributed by atoms with Crippen LogP contribution in [-0.2, 0) is 22.5 Å². The average Bonchev–Trinajstić information content (AvgIpc) is 2.90. The third-order valence-corrected chi connectivity index (χ3v) is 6.25. The minimum absolute atomic E-state index is 0.123. The number of nitrogens with zero attached hydrogens (tertiary/aromatic N) is 1. The van der Waals surface area contributed by atoms with Gasteiger partial charge in [0.05, 0.1) is 19.8 Å². The van der Waals surface area contributed by atoms with E-state index in [1.54, 1.807) is 6.07 Å². The lowest BCUT2D eigenvalue weighted by Crippen LogP contribution is -2.37. The number of benzene rings is 3. The highest BCUT2D eigenvalue weighted by atomic mass is 19.1. The first-order chi connectivity index (χ1) is 17.6. The Hall–Kier alpha value is -3.42. The molecule has 3 aromatic carbocycles. The summed E-state index contributed by atoms with van der Waals surface area (Å²) < 4.78 is 26.1. The molecule has 3 aromatic rings. The zero-order chi connectivity index (χ0) is 25.2. The average molecular weight is 493 g/mol. The molecular formula is C29H33FN2O4. The van der Waals surface area contributed by atoms with Crippen molar-refractivity contribution in [3.8, 4) is 16.9 Å². The van der Waals surface area contributed by atoms with E-state index in [1.807, 2.05) is 54.6 Å². The molecular weight excluding hydrogens is 459 g/mol. The van der Waals surface area contributed by atoms with Crippen LogP contribution < -0.4 is 10.1 Å². The van der Waals surface area contributed by atoms with Crippen LogP contribution >= 0.6 is 0 Å². The Labute approximate surface area is 211 Å². The first kappa shape index (κ1) is 25.7. The maximum atomic E-state index is 14.9. The summed E-state index contributed by atoms with van der Waals surface area (Å²) in [6.45, 7) is 5.59. The standard InChI is InChI=1S/C29H33FN2O4/c30-28-20-26(36-16-2-13-32-14-17-35-18-15-32)10-11-27(28)24-4-1-3-23(19-24)21-31-25-8-5-22(6-9-25)7-12-29(33)34/h1,3-6,8-11,19-20,31H,2,7,12-18,21H2,(H,33,34). The van der Waals surface area contributed by atoms with Crippen LogP contribution in [0.5, 0.6) is 5.75 Å². The summed E-state index contributed by atoms with van der Waals surface area (Å²) in [6.07, 6.45) is 1.53. The number of hydrogen-bond donors (Lipinski definition) is 2. The van der Waals surface area contributed by atoms with Crippen molar-refractivity contribution in [2.75, 3.05) is 44.8 Å². The van der Waals surface area contributed by atoms with Crippen LogP contribution in [0.25, 0.3) is 11.1 Å². The van der Waals surface area contributed by atoms with Crippen molar-refractivity contribution < 1.29 is 23.8 Å². The summed E-state index contributed by atoms with van der Waals surface area (Å²) in [5, 5.41) is 12.2. The lowest BCUT2D eigenvalue weighted by molar-refractivity contribution is -0.136. The first-order valence-corrected chi connectivity index (χ1v) is 12.4. The summed E-state index contributed by atoms with van der Waals surface area (Å²) >= 11 is 0. The molecule has 0 unspecified atom stereocenters. The largest absolute Gasteiger partial charge is 0.493 e.